The van der Waals surface area contributed by atoms with Gasteiger partial charge in [-0.3, -0.25) is 4.79 Å². The van der Waals surface area contributed by atoms with Crippen LogP contribution in [0.15, 0.2) is 36.4 Å². The van der Waals surface area contributed by atoms with E-state index in [1.165, 1.54) is 5.56 Å². The van der Waals surface area contributed by atoms with Crippen molar-refractivity contribution >= 4 is 17.6 Å². The molecular weight excluding hydrogens is 230 g/mol. The third-order valence-corrected chi connectivity index (χ3v) is 2.41. The maximum Gasteiger partial charge on any atom is 0.248 e. The Kier molecular flexibility index (Phi) is 5.64. The van der Waals surface area contributed by atoms with E-state index in [0.717, 1.165) is 25.3 Å². The Morgan fingerprint density at radius 3 is 2.44 bits per heavy atom. The number of hydrogen-bond acceptors (Lipinski definition) is 3. The van der Waals surface area contributed by atoms with Gasteiger partial charge in [-0.15, -0.1) is 0 Å². The van der Waals surface area contributed by atoms with Gasteiger partial charge in [-0.1, -0.05) is 25.5 Å². The molecule has 96 valence electrons. The lowest BCUT2D eigenvalue weighted by molar-refractivity contribution is -0.297. The number of aliphatic carboxylic acids is 1. The fraction of sp³-hybridized carbons (Fsp3) is 0.286. The number of rotatable bonds is 6. The number of carbonyl (C=O) groups excluding carboxylic acids is 2. The number of hydrogen-bond donors (Lipinski definition) is 1. The summed E-state index contributed by atoms with van der Waals surface area (Å²) >= 11 is 0. The van der Waals surface area contributed by atoms with E-state index in [-0.39, 0.29) is 0 Å². The highest BCUT2D eigenvalue weighted by Crippen LogP contribution is 2.11. The fourth-order valence-corrected chi connectivity index (χ4v) is 1.46. The van der Waals surface area contributed by atoms with Crippen LogP contribution in [0, 0.1) is 0 Å². The molecule has 0 spiro atoms. The van der Waals surface area contributed by atoms with Crippen molar-refractivity contribution in [2.45, 2.75) is 26.2 Å². The largest absolute Gasteiger partial charge is 0.545 e. The predicted molar refractivity (Wildman–Crippen MR) is 67.8 cm³/mol. The first kappa shape index (κ1) is 14.0. The van der Waals surface area contributed by atoms with Gasteiger partial charge in [0, 0.05) is 11.8 Å². The number of carboxylic acid groups (broad SMARTS) is 1. The first-order chi connectivity index (χ1) is 8.61. The van der Waals surface area contributed by atoms with Gasteiger partial charge in [-0.2, -0.15) is 0 Å². The molecule has 18 heavy (non-hydrogen) atoms. The second kappa shape index (κ2) is 7.27. The summed E-state index contributed by atoms with van der Waals surface area (Å²) in [6, 6.07) is 7.51. The number of unbranched alkanes of at least 4 members (excludes halogenated alkanes) is 1. The molecule has 0 saturated carbocycles. The third-order valence-electron chi connectivity index (χ3n) is 2.41. The third kappa shape index (κ3) is 5.30. The molecule has 1 rings (SSSR count). The van der Waals surface area contributed by atoms with Crippen LogP contribution in [0.2, 0.25) is 0 Å². The van der Waals surface area contributed by atoms with E-state index in [1.54, 1.807) is 12.1 Å². The van der Waals surface area contributed by atoms with Crippen LogP contribution in [0.1, 0.15) is 25.3 Å². The number of aryl methyl sites for hydroxylation is 1. The second-order valence-corrected chi connectivity index (χ2v) is 3.94. The lowest BCUT2D eigenvalue weighted by Gasteiger charge is -2.04. The average molecular weight is 246 g/mol. The van der Waals surface area contributed by atoms with Crippen LogP contribution in [-0.4, -0.2) is 11.9 Å². The molecule has 0 saturated heterocycles. The molecule has 1 N–H and O–H groups in total. The summed E-state index contributed by atoms with van der Waals surface area (Å²) < 4.78 is 0. The summed E-state index contributed by atoms with van der Waals surface area (Å²) in [6.45, 7) is 2.14. The van der Waals surface area contributed by atoms with Gasteiger partial charge in [0.05, 0.1) is 5.97 Å². The number of anilines is 1. The second-order valence-electron chi connectivity index (χ2n) is 3.94. The van der Waals surface area contributed by atoms with Crippen molar-refractivity contribution in [1.29, 1.82) is 0 Å². The highest BCUT2D eigenvalue weighted by molar-refractivity contribution is 6.02. The molecule has 1 aromatic rings. The van der Waals surface area contributed by atoms with Gasteiger partial charge in [0.25, 0.3) is 0 Å². The van der Waals surface area contributed by atoms with Crippen LogP contribution in [0.5, 0.6) is 0 Å². The van der Waals surface area contributed by atoms with E-state index < -0.39 is 11.9 Å². The summed E-state index contributed by atoms with van der Waals surface area (Å²) in [5.41, 5.74) is 1.86. The molecule has 0 aliphatic carbocycles. The fourth-order valence-electron chi connectivity index (χ4n) is 1.46. The molecule has 0 unspecified atom stereocenters. The molecule has 0 bridgehead atoms. The number of carbonyl (C=O) groups is 2. The van der Waals surface area contributed by atoms with Crippen LogP contribution >= 0.6 is 0 Å². The van der Waals surface area contributed by atoms with Crippen molar-refractivity contribution in [1.82, 2.24) is 0 Å². The Labute approximate surface area is 106 Å². The standard InChI is InChI=1S/C14H17NO3/c1-2-3-4-11-5-7-12(8-6-11)15-13(16)9-10-14(17)18/h5-10H,2-4H2,1H3,(H,15,16)(H,17,18)/p-1. The highest BCUT2D eigenvalue weighted by atomic mass is 16.4. The van der Waals surface area contributed by atoms with Gasteiger partial charge in [0.15, 0.2) is 0 Å². The molecule has 0 aliphatic rings. The molecule has 0 radical (unpaired) electrons. The average Bonchev–Trinajstić information content (AvgIpc) is 2.35. The van der Waals surface area contributed by atoms with Gasteiger partial charge < -0.3 is 15.2 Å². The topological polar surface area (TPSA) is 69.2 Å². The highest BCUT2D eigenvalue weighted by Gasteiger charge is 1.98. The number of amides is 1. The van der Waals surface area contributed by atoms with Crippen LogP contribution in [0.3, 0.4) is 0 Å². The minimum atomic E-state index is -1.39. The molecule has 1 aromatic carbocycles. The van der Waals surface area contributed by atoms with Crippen molar-refractivity contribution in [2.24, 2.45) is 0 Å². The Balaban J connectivity index is 2.53. The quantitative estimate of drug-likeness (QED) is 0.768. The zero-order valence-corrected chi connectivity index (χ0v) is 10.3. The van der Waals surface area contributed by atoms with E-state index in [0.29, 0.717) is 11.8 Å². The molecule has 0 heterocycles. The van der Waals surface area contributed by atoms with E-state index in [2.05, 4.69) is 12.2 Å². The molecule has 4 heteroatoms. The molecule has 0 aliphatic heterocycles. The maximum absolute atomic E-state index is 11.3. The van der Waals surface area contributed by atoms with E-state index in [9.17, 15) is 14.7 Å². The van der Waals surface area contributed by atoms with Crippen molar-refractivity contribution in [2.75, 3.05) is 5.32 Å². The monoisotopic (exact) mass is 246 g/mol. The van der Waals surface area contributed by atoms with Gasteiger partial charge >= 0.3 is 0 Å². The lowest BCUT2D eigenvalue weighted by atomic mass is 10.1. The molecule has 1 amide bonds. The van der Waals surface area contributed by atoms with Crippen LogP contribution < -0.4 is 10.4 Å². The van der Waals surface area contributed by atoms with Gasteiger partial charge in [0.2, 0.25) is 5.91 Å². The summed E-state index contributed by atoms with van der Waals surface area (Å²) in [6.07, 6.45) is 4.94. The summed E-state index contributed by atoms with van der Waals surface area (Å²) in [5, 5.41) is 12.7. The Bertz CT molecular complexity index is 435. The van der Waals surface area contributed by atoms with Crippen molar-refractivity contribution < 1.29 is 14.7 Å². The van der Waals surface area contributed by atoms with Crippen molar-refractivity contribution in [3.63, 3.8) is 0 Å². The number of benzene rings is 1. The van der Waals surface area contributed by atoms with E-state index in [4.69, 9.17) is 0 Å². The van der Waals surface area contributed by atoms with E-state index >= 15 is 0 Å². The summed E-state index contributed by atoms with van der Waals surface area (Å²) in [5.74, 6) is -1.87. The SMILES string of the molecule is CCCCc1ccc(NC(=O)C=CC(=O)[O-])cc1. The van der Waals surface area contributed by atoms with Crippen LogP contribution in [0.25, 0.3) is 0 Å². The first-order valence-electron chi connectivity index (χ1n) is 5.91. The minimum absolute atomic E-state index is 0.486. The first-order valence-corrected chi connectivity index (χ1v) is 5.91. The van der Waals surface area contributed by atoms with Crippen molar-refractivity contribution in [3.8, 4) is 0 Å². The maximum atomic E-state index is 11.3. The van der Waals surface area contributed by atoms with Gasteiger partial charge in [-0.05, 0) is 36.6 Å². The molecular formula is C14H16NO3-. The zero-order chi connectivity index (χ0) is 13.4. The summed E-state index contributed by atoms with van der Waals surface area (Å²) in [7, 11) is 0. The summed E-state index contributed by atoms with van der Waals surface area (Å²) in [4.78, 5) is 21.4. The van der Waals surface area contributed by atoms with Gasteiger partial charge in [-0.25, -0.2) is 0 Å². The molecule has 0 fully saturated rings. The number of nitrogens with one attached hydrogen (secondary N) is 1. The predicted octanol–water partition coefficient (Wildman–Crippen LogP) is 1.27. The normalized spacial score (nSPS) is 10.5. The van der Waals surface area contributed by atoms with Crippen LogP contribution in [0.4, 0.5) is 5.69 Å². The van der Waals surface area contributed by atoms with E-state index in [1.807, 2.05) is 12.1 Å². The lowest BCUT2D eigenvalue weighted by Crippen LogP contribution is -2.20. The smallest absolute Gasteiger partial charge is 0.248 e. The minimum Gasteiger partial charge on any atom is -0.545 e. The van der Waals surface area contributed by atoms with Crippen molar-refractivity contribution in [3.05, 3.63) is 42.0 Å². The zero-order valence-electron chi connectivity index (χ0n) is 10.3. The molecule has 0 atom stereocenters. The Morgan fingerprint density at radius 2 is 1.89 bits per heavy atom. The molecule has 4 nitrogen and oxygen atoms in total. The Morgan fingerprint density at radius 1 is 1.22 bits per heavy atom. The number of carboxylic acids is 1. The van der Waals surface area contributed by atoms with Crippen LogP contribution in [-0.2, 0) is 16.0 Å². The molecule has 0 aromatic heterocycles. The van der Waals surface area contributed by atoms with Gasteiger partial charge in [0.1, 0.15) is 0 Å². The Hall–Kier alpha value is -2.10.